The maximum absolute atomic E-state index is 11.0. The Kier molecular flexibility index (Phi) is 7.45. The van der Waals surface area contributed by atoms with E-state index in [0.717, 1.165) is 25.7 Å². The molecule has 2 nitrogen and oxygen atoms in total. The molecule has 0 amide bonds. The summed E-state index contributed by atoms with van der Waals surface area (Å²) in [5.74, 6) is -0.151. The summed E-state index contributed by atoms with van der Waals surface area (Å²) in [6, 6.07) is 0. The maximum Gasteiger partial charge on any atom is 0.303 e. The summed E-state index contributed by atoms with van der Waals surface area (Å²) in [4.78, 5) is 11.0. The molecule has 0 saturated carbocycles. The summed E-state index contributed by atoms with van der Waals surface area (Å²) in [7, 11) is 0. The average molecular weight is 214 g/mol. The van der Waals surface area contributed by atoms with Crippen LogP contribution < -0.4 is 0 Å². The molecule has 0 saturated heterocycles. The molecule has 0 fully saturated rings. The highest BCUT2D eigenvalue weighted by Gasteiger charge is 2.25. The molecule has 90 valence electrons. The molecule has 0 radical (unpaired) electrons. The molecule has 1 atom stereocenters. The first-order valence-electron chi connectivity index (χ1n) is 6.23. The van der Waals surface area contributed by atoms with Gasteiger partial charge in [-0.1, -0.05) is 39.5 Å². The van der Waals surface area contributed by atoms with Crippen molar-refractivity contribution in [3.05, 3.63) is 0 Å². The Morgan fingerprint density at radius 3 is 2.20 bits per heavy atom. The second kappa shape index (κ2) is 7.72. The monoisotopic (exact) mass is 214 g/mol. The average Bonchev–Trinajstić information content (AvgIpc) is 2.11. The molecule has 0 aliphatic rings. The largest absolute Gasteiger partial charge is 0.460 e. The van der Waals surface area contributed by atoms with Gasteiger partial charge in [-0.25, -0.2) is 0 Å². The van der Waals surface area contributed by atoms with Crippen LogP contribution in [0.4, 0.5) is 0 Å². The van der Waals surface area contributed by atoms with Crippen LogP contribution in [0, 0.1) is 0 Å². The van der Waals surface area contributed by atoms with Crippen molar-refractivity contribution in [3.63, 3.8) is 0 Å². The molecule has 0 aromatic heterocycles. The molecule has 0 aliphatic heterocycles. The van der Waals surface area contributed by atoms with E-state index in [1.807, 2.05) is 0 Å². The van der Waals surface area contributed by atoms with Crippen LogP contribution in [-0.2, 0) is 9.53 Å². The lowest BCUT2D eigenvalue weighted by molar-refractivity contribution is -0.156. The van der Waals surface area contributed by atoms with Gasteiger partial charge in [0.05, 0.1) is 0 Å². The number of carbonyl (C=O) groups excluding carboxylic acids is 1. The fourth-order valence-corrected chi connectivity index (χ4v) is 2.03. The zero-order valence-corrected chi connectivity index (χ0v) is 10.8. The van der Waals surface area contributed by atoms with Crippen LogP contribution >= 0.6 is 0 Å². The van der Waals surface area contributed by atoms with E-state index in [-0.39, 0.29) is 11.6 Å². The van der Waals surface area contributed by atoms with Crippen molar-refractivity contribution in [1.82, 2.24) is 0 Å². The van der Waals surface area contributed by atoms with E-state index in [2.05, 4.69) is 20.8 Å². The van der Waals surface area contributed by atoms with Crippen molar-refractivity contribution in [1.29, 1.82) is 0 Å². The Hall–Kier alpha value is -0.530. The minimum Gasteiger partial charge on any atom is -0.460 e. The molecule has 0 aliphatic carbocycles. The Bertz CT molecular complexity index is 177. The van der Waals surface area contributed by atoms with E-state index < -0.39 is 0 Å². The second-order valence-electron chi connectivity index (χ2n) is 4.60. The van der Waals surface area contributed by atoms with Gasteiger partial charge >= 0.3 is 5.97 Å². The predicted octanol–water partition coefficient (Wildman–Crippen LogP) is 4.08. The smallest absolute Gasteiger partial charge is 0.303 e. The van der Waals surface area contributed by atoms with Gasteiger partial charge in [-0.05, 0) is 26.2 Å². The maximum atomic E-state index is 11.0. The molecule has 0 aromatic rings. The number of ether oxygens (including phenoxy) is 1. The summed E-state index contributed by atoms with van der Waals surface area (Å²) in [5, 5.41) is 0. The molecule has 0 aromatic carbocycles. The van der Waals surface area contributed by atoms with Gasteiger partial charge < -0.3 is 4.74 Å². The molecule has 0 heterocycles. The number of hydrogen-bond acceptors (Lipinski definition) is 2. The minimum atomic E-state index is -0.228. The van der Waals surface area contributed by atoms with Crippen molar-refractivity contribution in [2.45, 2.75) is 78.2 Å². The number of hydrogen-bond donors (Lipinski definition) is 0. The van der Waals surface area contributed by atoms with Crippen LogP contribution in [0.5, 0.6) is 0 Å². The Labute approximate surface area is 94.4 Å². The summed E-state index contributed by atoms with van der Waals surface area (Å²) >= 11 is 0. The number of rotatable bonds is 8. The lowest BCUT2D eigenvalue weighted by Crippen LogP contribution is -2.30. The summed E-state index contributed by atoms with van der Waals surface area (Å²) < 4.78 is 5.42. The van der Waals surface area contributed by atoms with E-state index in [0.29, 0.717) is 0 Å². The van der Waals surface area contributed by atoms with E-state index in [1.165, 1.54) is 26.2 Å². The van der Waals surface area contributed by atoms with E-state index in [1.54, 1.807) is 0 Å². The van der Waals surface area contributed by atoms with Gasteiger partial charge in [-0.15, -0.1) is 0 Å². The predicted molar refractivity (Wildman–Crippen MR) is 63.8 cm³/mol. The van der Waals surface area contributed by atoms with Crippen molar-refractivity contribution in [2.75, 3.05) is 0 Å². The second-order valence-corrected chi connectivity index (χ2v) is 4.60. The third kappa shape index (κ3) is 7.40. The first-order chi connectivity index (χ1) is 7.04. The SMILES string of the molecule is CCCCCCC(C)(CCC)OC(C)=O. The van der Waals surface area contributed by atoms with Crippen LogP contribution in [0.2, 0.25) is 0 Å². The van der Waals surface area contributed by atoms with Crippen molar-refractivity contribution < 1.29 is 9.53 Å². The minimum absolute atomic E-state index is 0.151. The fourth-order valence-electron chi connectivity index (χ4n) is 2.03. The van der Waals surface area contributed by atoms with Crippen LogP contribution in [0.15, 0.2) is 0 Å². The molecule has 0 N–H and O–H groups in total. The molecule has 15 heavy (non-hydrogen) atoms. The molecule has 1 unspecified atom stereocenters. The Morgan fingerprint density at radius 2 is 1.73 bits per heavy atom. The molecular formula is C13H26O2. The molecule has 0 spiro atoms. The summed E-state index contributed by atoms with van der Waals surface area (Å²) in [5.41, 5.74) is -0.228. The first kappa shape index (κ1) is 14.5. The zero-order chi connectivity index (χ0) is 11.7. The lowest BCUT2D eigenvalue weighted by atomic mass is 9.93. The topological polar surface area (TPSA) is 26.3 Å². The summed E-state index contributed by atoms with van der Waals surface area (Å²) in [6.07, 6.45) is 7.98. The molecular weight excluding hydrogens is 188 g/mol. The normalized spacial score (nSPS) is 14.7. The van der Waals surface area contributed by atoms with Gasteiger partial charge in [0.15, 0.2) is 0 Å². The lowest BCUT2D eigenvalue weighted by Gasteiger charge is -2.29. The van der Waals surface area contributed by atoms with Crippen LogP contribution in [0.1, 0.15) is 72.6 Å². The van der Waals surface area contributed by atoms with Crippen LogP contribution in [0.25, 0.3) is 0 Å². The first-order valence-corrected chi connectivity index (χ1v) is 6.23. The van der Waals surface area contributed by atoms with Crippen molar-refractivity contribution >= 4 is 5.97 Å². The van der Waals surface area contributed by atoms with Gasteiger partial charge in [0.25, 0.3) is 0 Å². The highest BCUT2D eigenvalue weighted by atomic mass is 16.6. The van der Waals surface area contributed by atoms with Crippen molar-refractivity contribution in [2.24, 2.45) is 0 Å². The summed E-state index contributed by atoms with van der Waals surface area (Å²) in [6.45, 7) is 7.90. The van der Waals surface area contributed by atoms with E-state index in [9.17, 15) is 4.79 Å². The van der Waals surface area contributed by atoms with Gasteiger partial charge in [-0.2, -0.15) is 0 Å². The third-order valence-electron chi connectivity index (χ3n) is 2.73. The number of esters is 1. The van der Waals surface area contributed by atoms with Gasteiger partial charge in [0, 0.05) is 6.92 Å². The van der Waals surface area contributed by atoms with E-state index in [4.69, 9.17) is 4.74 Å². The molecule has 0 bridgehead atoms. The Balaban J connectivity index is 3.95. The van der Waals surface area contributed by atoms with Crippen LogP contribution in [-0.4, -0.2) is 11.6 Å². The Morgan fingerprint density at radius 1 is 1.07 bits per heavy atom. The third-order valence-corrected chi connectivity index (χ3v) is 2.73. The molecule has 2 heteroatoms. The highest BCUT2D eigenvalue weighted by Crippen LogP contribution is 2.25. The highest BCUT2D eigenvalue weighted by molar-refractivity contribution is 5.66. The number of unbranched alkanes of at least 4 members (excludes halogenated alkanes) is 3. The van der Waals surface area contributed by atoms with Gasteiger partial charge in [0.1, 0.15) is 5.60 Å². The fraction of sp³-hybridized carbons (Fsp3) is 0.923. The van der Waals surface area contributed by atoms with Gasteiger partial charge in [0.2, 0.25) is 0 Å². The standard InChI is InChI=1S/C13H26O2/c1-5-7-8-9-11-13(4,10-6-2)15-12(3)14/h5-11H2,1-4H3. The van der Waals surface area contributed by atoms with Crippen molar-refractivity contribution in [3.8, 4) is 0 Å². The molecule has 0 rings (SSSR count). The van der Waals surface area contributed by atoms with Gasteiger partial charge in [-0.3, -0.25) is 4.79 Å². The van der Waals surface area contributed by atoms with Crippen LogP contribution in [0.3, 0.4) is 0 Å². The quantitative estimate of drug-likeness (QED) is 0.449. The van der Waals surface area contributed by atoms with E-state index >= 15 is 0 Å². The number of carbonyl (C=O) groups is 1. The zero-order valence-electron chi connectivity index (χ0n) is 10.8.